The number of hydrogen-bond acceptors (Lipinski definition) is 4. The lowest BCUT2D eigenvalue weighted by Crippen LogP contribution is -2.26. The van der Waals surface area contributed by atoms with Gasteiger partial charge in [-0.05, 0) is 46.5 Å². The summed E-state index contributed by atoms with van der Waals surface area (Å²) in [6.45, 7) is 4.89. The quantitative estimate of drug-likeness (QED) is 0.820. The van der Waals surface area contributed by atoms with E-state index in [0.717, 1.165) is 16.6 Å². The summed E-state index contributed by atoms with van der Waals surface area (Å²) in [6, 6.07) is 9.27. The maximum atomic E-state index is 12.1. The average molecular weight is 363 g/mol. The Morgan fingerprint density at radius 2 is 2.05 bits per heavy atom. The molecule has 2 rings (SSSR count). The number of benzene rings is 1. The smallest absolute Gasteiger partial charge is 0.270 e. The summed E-state index contributed by atoms with van der Waals surface area (Å²) in [5.74, 6) is 0.764. The molecule has 1 heterocycles. The Morgan fingerprint density at radius 1 is 1.27 bits per heavy atom. The van der Waals surface area contributed by atoms with Gasteiger partial charge in [0.15, 0.2) is 0 Å². The lowest BCUT2D eigenvalue weighted by molar-refractivity contribution is 0.0947. The molecule has 2 N–H and O–H groups in total. The summed E-state index contributed by atoms with van der Waals surface area (Å²) in [6.07, 6.45) is 2.52. The molecule has 0 fully saturated rings. The van der Waals surface area contributed by atoms with Crippen molar-refractivity contribution in [2.45, 2.75) is 20.3 Å². The Hall–Kier alpha value is -1.95. The van der Waals surface area contributed by atoms with Crippen LogP contribution >= 0.6 is 15.9 Å². The molecule has 0 radical (unpaired) electrons. The molecular formula is C16H19BrN4O. The van der Waals surface area contributed by atoms with E-state index in [-0.39, 0.29) is 5.91 Å². The number of nitrogens with one attached hydrogen (secondary N) is 2. The predicted octanol–water partition coefficient (Wildman–Crippen LogP) is 3.76. The van der Waals surface area contributed by atoms with Gasteiger partial charge in [-0.1, -0.05) is 26.0 Å². The van der Waals surface area contributed by atoms with Gasteiger partial charge in [0.05, 0.1) is 5.69 Å². The van der Waals surface area contributed by atoms with Crippen LogP contribution in [-0.2, 0) is 0 Å². The van der Waals surface area contributed by atoms with E-state index in [2.05, 4.69) is 50.4 Å². The van der Waals surface area contributed by atoms with E-state index < -0.39 is 0 Å². The Balaban J connectivity index is 2.03. The van der Waals surface area contributed by atoms with Crippen LogP contribution < -0.4 is 10.6 Å². The minimum atomic E-state index is -0.182. The minimum absolute atomic E-state index is 0.182. The van der Waals surface area contributed by atoms with Gasteiger partial charge in [0, 0.05) is 17.2 Å². The molecule has 1 aromatic carbocycles. The van der Waals surface area contributed by atoms with E-state index in [1.807, 2.05) is 24.3 Å². The van der Waals surface area contributed by atoms with Crippen molar-refractivity contribution < 1.29 is 4.79 Å². The molecule has 0 aliphatic heterocycles. The fraction of sp³-hybridized carbons (Fsp3) is 0.312. The van der Waals surface area contributed by atoms with E-state index in [1.165, 1.54) is 0 Å². The van der Waals surface area contributed by atoms with E-state index in [4.69, 9.17) is 0 Å². The monoisotopic (exact) mass is 362 g/mol. The van der Waals surface area contributed by atoms with E-state index in [9.17, 15) is 4.79 Å². The molecule has 1 amide bonds. The molecule has 0 saturated carbocycles. The highest BCUT2D eigenvalue weighted by atomic mass is 79.9. The molecule has 5 nitrogen and oxygen atoms in total. The van der Waals surface area contributed by atoms with Crippen molar-refractivity contribution in [1.29, 1.82) is 0 Å². The van der Waals surface area contributed by atoms with E-state index in [0.29, 0.717) is 24.1 Å². The van der Waals surface area contributed by atoms with Gasteiger partial charge in [0.25, 0.3) is 5.91 Å². The molecule has 0 aliphatic rings. The number of amides is 1. The fourth-order valence-electron chi connectivity index (χ4n) is 1.79. The highest BCUT2D eigenvalue weighted by Crippen LogP contribution is 2.23. The molecule has 0 bridgehead atoms. The third-order valence-electron chi connectivity index (χ3n) is 3.02. The van der Waals surface area contributed by atoms with E-state index in [1.54, 1.807) is 12.3 Å². The third kappa shape index (κ3) is 4.80. The minimum Gasteiger partial charge on any atom is -0.351 e. The zero-order valence-electron chi connectivity index (χ0n) is 12.6. The summed E-state index contributed by atoms with van der Waals surface area (Å²) in [5.41, 5.74) is 1.20. The molecular weight excluding hydrogens is 344 g/mol. The second-order valence-corrected chi connectivity index (χ2v) is 6.16. The van der Waals surface area contributed by atoms with Crippen LogP contribution in [0.2, 0.25) is 0 Å². The number of hydrogen-bond donors (Lipinski definition) is 2. The molecule has 116 valence electrons. The van der Waals surface area contributed by atoms with Crippen molar-refractivity contribution in [3.8, 4) is 0 Å². The summed E-state index contributed by atoms with van der Waals surface area (Å²) in [5, 5.41) is 5.96. The number of para-hydroxylation sites is 1. The molecule has 22 heavy (non-hydrogen) atoms. The van der Waals surface area contributed by atoms with Gasteiger partial charge in [-0.15, -0.1) is 0 Å². The van der Waals surface area contributed by atoms with Crippen LogP contribution in [-0.4, -0.2) is 22.4 Å². The average Bonchev–Trinajstić information content (AvgIpc) is 2.49. The fourth-order valence-corrected chi connectivity index (χ4v) is 2.18. The number of anilines is 2. The molecule has 0 atom stereocenters. The first kappa shape index (κ1) is 16.4. The lowest BCUT2D eigenvalue weighted by Gasteiger charge is -2.09. The van der Waals surface area contributed by atoms with Crippen molar-refractivity contribution >= 4 is 33.5 Å². The van der Waals surface area contributed by atoms with Crippen molar-refractivity contribution in [3.63, 3.8) is 0 Å². The summed E-state index contributed by atoms with van der Waals surface area (Å²) >= 11 is 3.45. The molecule has 0 aliphatic carbocycles. The van der Waals surface area contributed by atoms with E-state index >= 15 is 0 Å². The van der Waals surface area contributed by atoms with Crippen molar-refractivity contribution in [1.82, 2.24) is 15.3 Å². The maximum Gasteiger partial charge on any atom is 0.270 e. The van der Waals surface area contributed by atoms with Gasteiger partial charge in [0.2, 0.25) is 5.95 Å². The van der Waals surface area contributed by atoms with Crippen LogP contribution in [0.15, 0.2) is 41.0 Å². The van der Waals surface area contributed by atoms with Crippen LogP contribution in [0, 0.1) is 5.92 Å². The Kier molecular flexibility index (Phi) is 5.89. The van der Waals surface area contributed by atoms with Gasteiger partial charge >= 0.3 is 0 Å². The van der Waals surface area contributed by atoms with Crippen LogP contribution in [0.25, 0.3) is 0 Å². The summed E-state index contributed by atoms with van der Waals surface area (Å²) < 4.78 is 0.908. The zero-order chi connectivity index (χ0) is 15.9. The largest absolute Gasteiger partial charge is 0.351 e. The predicted molar refractivity (Wildman–Crippen MR) is 91.2 cm³/mol. The number of aromatic nitrogens is 2. The van der Waals surface area contributed by atoms with Gasteiger partial charge in [-0.3, -0.25) is 4.79 Å². The topological polar surface area (TPSA) is 66.9 Å². The molecule has 0 unspecified atom stereocenters. The molecule has 2 aromatic rings. The first-order valence-electron chi connectivity index (χ1n) is 7.19. The van der Waals surface area contributed by atoms with Crippen molar-refractivity contribution in [3.05, 3.63) is 46.7 Å². The highest BCUT2D eigenvalue weighted by Gasteiger charge is 2.09. The number of rotatable bonds is 6. The Bertz CT molecular complexity index is 646. The third-order valence-corrected chi connectivity index (χ3v) is 3.71. The summed E-state index contributed by atoms with van der Waals surface area (Å²) in [4.78, 5) is 20.5. The maximum absolute atomic E-state index is 12.1. The van der Waals surface area contributed by atoms with Gasteiger partial charge in [0.1, 0.15) is 5.69 Å². The summed E-state index contributed by atoms with van der Waals surface area (Å²) in [7, 11) is 0. The van der Waals surface area contributed by atoms with Crippen LogP contribution in [0.1, 0.15) is 30.8 Å². The molecule has 6 heteroatoms. The zero-order valence-corrected chi connectivity index (χ0v) is 14.2. The van der Waals surface area contributed by atoms with Crippen molar-refractivity contribution in [2.24, 2.45) is 5.92 Å². The molecule has 0 saturated heterocycles. The second-order valence-electron chi connectivity index (χ2n) is 5.31. The van der Waals surface area contributed by atoms with Crippen LogP contribution in [0.4, 0.5) is 11.6 Å². The number of carbonyl (C=O) groups is 1. The van der Waals surface area contributed by atoms with Gasteiger partial charge in [-0.2, -0.15) is 0 Å². The van der Waals surface area contributed by atoms with Gasteiger partial charge in [-0.25, -0.2) is 9.97 Å². The van der Waals surface area contributed by atoms with Gasteiger partial charge < -0.3 is 10.6 Å². The SMILES string of the molecule is CC(C)CCNC(=O)c1ccnc(Nc2ccccc2Br)n1. The lowest BCUT2D eigenvalue weighted by atomic mass is 10.1. The molecule has 1 aromatic heterocycles. The number of nitrogens with zero attached hydrogens (tertiary/aromatic N) is 2. The standard InChI is InChI=1S/C16H19BrN4O/c1-11(2)7-9-18-15(22)14-8-10-19-16(21-14)20-13-6-4-3-5-12(13)17/h3-6,8,10-11H,7,9H2,1-2H3,(H,18,22)(H,19,20,21). The van der Waals surface area contributed by atoms with Crippen molar-refractivity contribution in [2.75, 3.05) is 11.9 Å². The highest BCUT2D eigenvalue weighted by molar-refractivity contribution is 9.10. The first-order chi connectivity index (χ1) is 10.6. The van der Waals surface area contributed by atoms with Crippen LogP contribution in [0.3, 0.4) is 0 Å². The Morgan fingerprint density at radius 3 is 2.77 bits per heavy atom. The molecule has 0 spiro atoms. The number of carbonyl (C=O) groups excluding carboxylic acids is 1. The first-order valence-corrected chi connectivity index (χ1v) is 7.98. The Labute approximate surface area is 138 Å². The van der Waals surface area contributed by atoms with Crippen LogP contribution in [0.5, 0.6) is 0 Å². The number of halogens is 1. The normalized spacial score (nSPS) is 10.5. The second kappa shape index (κ2) is 7.89.